The summed E-state index contributed by atoms with van der Waals surface area (Å²) >= 11 is 0. The number of ether oxygens (including phenoxy) is 1. The Kier molecular flexibility index (Phi) is 4.94. The van der Waals surface area contributed by atoms with Crippen molar-refractivity contribution in [1.29, 1.82) is 0 Å². The van der Waals surface area contributed by atoms with Gasteiger partial charge in [-0.25, -0.2) is 5.43 Å². The molecular formula is C15H16N2O3. The van der Waals surface area contributed by atoms with Gasteiger partial charge in [0.1, 0.15) is 5.75 Å². The van der Waals surface area contributed by atoms with E-state index in [-0.39, 0.29) is 11.7 Å². The van der Waals surface area contributed by atoms with Crippen molar-refractivity contribution < 1.29 is 13.9 Å². The molecule has 20 heavy (non-hydrogen) atoms. The van der Waals surface area contributed by atoms with E-state index in [2.05, 4.69) is 17.5 Å². The summed E-state index contributed by atoms with van der Waals surface area (Å²) in [4.78, 5) is 11.5. The maximum atomic E-state index is 11.5. The molecule has 1 aromatic heterocycles. The largest absolute Gasteiger partial charge is 0.494 e. The van der Waals surface area contributed by atoms with Crippen LogP contribution < -0.4 is 10.2 Å². The van der Waals surface area contributed by atoms with E-state index in [1.165, 1.54) is 6.26 Å². The number of nitrogens with one attached hydrogen (secondary N) is 1. The molecule has 1 N–H and O–H groups in total. The molecule has 2 rings (SSSR count). The highest BCUT2D eigenvalue weighted by atomic mass is 16.5. The highest BCUT2D eigenvalue weighted by Gasteiger charge is 2.05. The van der Waals surface area contributed by atoms with E-state index >= 15 is 0 Å². The Labute approximate surface area is 117 Å². The Bertz CT molecular complexity index is 559. The minimum atomic E-state index is -0.380. The predicted molar refractivity (Wildman–Crippen MR) is 76.0 cm³/mol. The third-order valence-electron chi connectivity index (χ3n) is 2.48. The first-order valence-electron chi connectivity index (χ1n) is 6.39. The molecule has 0 saturated heterocycles. The lowest BCUT2D eigenvalue weighted by Crippen LogP contribution is -2.16. The second kappa shape index (κ2) is 7.13. The maximum absolute atomic E-state index is 11.5. The van der Waals surface area contributed by atoms with Crippen molar-refractivity contribution in [1.82, 2.24) is 5.43 Å². The molecule has 5 heteroatoms. The van der Waals surface area contributed by atoms with E-state index in [1.807, 2.05) is 24.3 Å². The van der Waals surface area contributed by atoms with Gasteiger partial charge in [0.2, 0.25) is 0 Å². The Morgan fingerprint density at radius 1 is 1.35 bits per heavy atom. The van der Waals surface area contributed by atoms with E-state index in [0.29, 0.717) is 6.61 Å². The zero-order valence-corrected chi connectivity index (χ0v) is 11.2. The van der Waals surface area contributed by atoms with Crippen molar-refractivity contribution in [3.05, 3.63) is 54.0 Å². The van der Waals surface area contributed by atoms with Gasteiger partial charge in [0.05, 0.1) is 19.1 Å². The number of carbonyl (C=O) groups is 1. The molecule has 0 saturated carbocycles. The van der Waals surface area contributed by atoms with Crippen LogP contribution in [0.2, 0.25) is 0 Å². The van der Waals surface area contributed by atoms with Gasteiger partial charge in [0, 0.05) is 0 Å². The van der Waals surface area contributed by atoms with Crippen molar-refractivity contribution in [2.75, 3.05) is 6.61 Å². The molecular weight excluding hydrogens is 256 g/mol. The molecule has 0 fully saturated rings. The SMILES string of the molecule is CCCOc1ccc(/C=N/NC(=O)c2ccco2)cc1. The van der Waals surface area contributed by atoms with Gasteiger partial charge in [-0.3, -0.25) is 4.79 Å². The summed E-state index contributed by atoms with van der Waals surface area (Å²) < 4.78 is 10.4. The first-order chi connectivity index (χ1) is 9.79. The molecule has 5 nitrogen and oxygen atoms in total. The standard InChI is InChI=1S/C15H16N2O3/c1-2-9-19-13-7-5-12(6-8-13)11-16-17-15(18)14-4-3-10-20-14/h3-8,10-11H,2,9H2,1H3,(H,17,18)/b16-11+. The lowest BCUT2D eigenvalue weighted by molar-refractivity contribution is 0.0927. The van der Waals surface area contributed by atoms with E-state index in [9.17, 15) is 4.79 Å². The van der Waals surface area contributed by atoms with Gasteiger partial charge in [-0.15, -0.1) is 0 Å². The van der Waals surface area contributed by atoms with Gasteiger partial charge in [0.25, 0.3) is 0 Å². The number of carbonyl (C=O) groups excluding carboxylic acids is 1. The molecule has 0 aliphatic heterocycles. The average Bonchev–Trinajstić information content (AvgIpc) is 3.00. The molecule has 0 unspecified atom stereocenters. The van der Waals surface area contributed by atoms with Gasteiger partial charge >= 0.3 is 5.91 Å². The minimum Gasteiger partial charge on any atom is -0.494 e. The first-order valence-corrected chi connectivity index (χ1v) is 6.39. The minimum absolute atomic E-state index is 0.227. The van der Waals surface area contributed by atoms with E-state index in [1.54, 1.807) is 18.3 Å². The monoisotopic (exact) mass is 272 g/mol. The van der Waals surface area contributed by atoms with Gasteiger partial charge < -0.3 is 9.15 Å². The van der Waals surface area contributed by atoms with Crippen LogP contribution in [0.5, 0.6) is 5.75 Å². The molecule has 0 aliphatic carbocycles. The lowest BCUT2D eigenvalue weighted by Gasteiger charge is -2.03. The fraction of sp³-hybridized carbons (Fsp3) is 0.200. The second-order valence-corrected chi connectivity index (χ2v) is 4.09. The van der Waals surface area contributed by atoms with Gasteiger partial charge in [-0.1, -0.05) is 6.92 Å². The van der Waals surface area contributed by atoms with Gasteiger partial charge in [0.15, 0.2) is 5.76 Å². The van der Waals surface area contributed by atoms with Crippen molar-refractivity contribution >= 4 is 12.1 Å². The Balaban J connectivity index is 1.86. The van der Waals surface area contributed by atoms with Crippen molar-refractivity contribution in [2.24, 2.45) is 5.10 Å². The molecule has 0 aliphatic rings. The molecule has 0 radical (unpaired) electrons. The summed E-state index contributed by atoms with van der Waals surface area (Å²) in [7, 11) is 0. The van der Waals surface area contributed by atoms with Crippen molar-refractivity contribution in [3.63, 3.8) is 0 Å². The number of hydrazone groups is 1. The van der Waals surface area contributed by atoms with Crippen LogP contribution >= 0.6 is 0 Å². The molecule has 104 valence electrons. The summed E-state index contributed by atoms with van der Waals surface area (Å²) in [6, 6.07) is 10.7. The smallest absolute Gasteiger partial charge is 0.307 e. The number of hydrogen-bond donors (Lipinski definition) is 1. The summed E-state index contributed by atoms with van der Waals surface area (Å²) in [5.41, 5.74) is 3.26. The zero-order valence-electron chi connectivity index (χ0n) is 11.2. The number of hydrogen-bond acceptors (Lipinski definition) is 4. The van der Waals surface area contributed by atoms with E-state index < -0.39 is 0 Å². The van der Waals surface area contributed by atoms with Gasteiger partial charge in [-0.05, 0) is 48.4 Å². The summed E-state index contributed by atoms with van der Waals surface area (Å²) in [5, 5.41) is 3.86. The number of amides is 1. The lowest BCUT2D eigenvalue weighted by atomic mass is 10.2. The Morgan fingerprint density at radius 3 is 2.80 bits per heavy atom. The summed E-state index contributed by atoms with van der Waals surface area (Å²) in [5.74, 6) is 0.670. The fourth-order valence-electron chi connectivity index (χ4n) is 1.50. The number of rotatable bonds is 6. The molecule has 1 aromatic carbocycles. The van der Waals surface area contributed by atoms with Crippen molar-refractivity contribution in [3.8, 4) is 5.75 Å². The van der Waals surface area contributed by atoms with Crippen LogP contribution in [0.15, 0.2) is 52.2 Å². The van der Waals surface area contributed by atoms with Crippen LogP contribution in [0.4, 0.5) is 0 Å². The molecule has 0 spiro atoms. The third kappa shape index (κ3) is 3.98. The third-order valence-corrected chi connectivity index (χ3v) is 2.48. The first kappa shape index (κ1) is 13.9. The summed E-state index contributed by atoms with van der Waals surface area (Å²) in [6.07, 6.45) is 3.97. The molecule has 2 aromatic rings. The molecule has 1 heterocycles. The van der Waals surface area contributed by atoms with Crippen LogP contribution in [0.1, 0.15) is 29.5 Å². The van der Waals surface area contributed by atoms with Crippen LogP contribution in [0.3, 0.4) is 0 Å². The fourth-order valence-corrected chi connectivity index (χ4v) is 1.50. The number of nitrogens with zero attached hydrogens (tertiary/aromatic N) is 1. The molecule has 0 bridgehead atoms. The van der Waals surface area contributed by atoms with Crippen molar-refractivity contribution in [2.45, 2.75) is 13.3 Å². The quantitative estimate of drug-likeness (QED) is 0.649. The predicted octanol–water partition coefficient (Wildman–Crippen LogP) is 2.83. The number of furan rings is 1. The normalized spacial score (nSPS) is 10.7. The number of benzene rings is 1. The highest BCUT2D eigenvalue weighted by molar-refractivity contribution is 5.92. The average molecular weight is 272 g/mol. The zero-order chi connectivity index (χ0) is 14.2. The summed E-state index contributed by atoms with van der Waals surface area (Å²) in [6.45, 7) is 2.76. The highest BCUT2D eigenvalue weighted by Crippen LogP contribution is 2.11. The van der Waals surface area contributed by atoms with Crippen LogP contribution in [0.25, 0.3) is 0 Å². The molecule has 0 atom stereocenters. The van der Waals surface area contributed by atoms with Gasteiger partial charge in [-0.2, -0.15) is 5.10 Å². The van der Waals surface area contributed by atoms with E-state index in [0.717, 1.165) is 17.7 Å². The second-order valence-electron chi connectivity index (χ2n) is 4.09. The Morgan fingerprint density at radius 2 is 2.15 bits per heavy atom. The van der Waals surface area contributed by atoms with Crippen LogP contribution in [0, 0.1) is 0 Å². The Hall–Kier alpha value is -2.56. The maximum Gasteiger partial charge on any atom is 0.307 e. The van der Waals surface area contributed by atoms with Crippen LogP contribution in [-0.4, -0.2) is 18.7 Å². The molecule has 1 amide bonds. The topological polar surface area (TPSA) is 63.8 Å². The van der Waals surface area contributed by atoms with E-state index in [4.69, 9.17) is 9.15 Å². The van der Waals surface area contributed by atoms with Crippen LogP contribution in [-0.2, 0) is 0 Å².